The van der Waals surface area contributed by atoms with E-state index in [0.717, 1.165) is 24.3 Å². The Morgan fingerprint density at radius 3 is 2.09 bits per heavy atom. The number of carbonyl (C=O) groups excluding carboxylic acids is 1. The van der Waals surface area contributed by atoms with Crippen molar-refractivity contribution in [3.8, 4) is 0 Å². The Morgan fingerprint density at radius 1 is 0.955 bits per heavy atom. The van der Waals surface area contributed by atoms with Gasteiger partial charge in [0.25, 0.3) is 10.0 Å². The fraction of sp³-hybridized carbons (Fsp3) is 0. The summed E-state index contributed by atoms with van der Waals surface area (Å²) in [5, 5.41) is 10.6. The Bertz CT molecular complexity index is 835. The number of benzene rings is 2. The van der Waals surface area contributed by atoms with Crippen molar-refractivity contribution in [3.05, 3.63) is 59.4 Å². The summed E-state index contributed by atoms with van der Waals surface area (Å²) in [5.74, 6) is -6.73. The van der Waals surface area contributed by atoms with Gasteiger partial charge in [0, 0.05) is 5.69 Å². The van der Waals surface area contributed by atoms with Crippen LogP contribution in [0, 0.1) is 17.5 Å². The van der Waals surface area contributed by atoms with Gasteiger partial charge in [-0.25, -0.2) is 21.6 Å². The molecular formula is C13H7F3NO4S-. The van der Waals surface area contributed by atoms with Gasteiger partial charge in [-0.2, -0.15) is 0 Å². The molecule has 0 amide bonds. The number of anilines is 1. The van der Waals surface area contributed by atoms with Crippen LogP contribution < -0.4 is 9.83 Å². The van der Waals surface area contributed by atoms with Crippen molar-refractivity contribution in [1.82, 2.24) is 0 Å². The molecule has 0 saturated carbocycles. The summed E-state index contributed by atoms with van der Waals surface area (Å²) in [4.78, 5) is 9.48. The number of sulfonamides is 1. The minimum Gasteiger partial charge on any atom is -0.545 e. The molecule has 22 heavy (non-hydrogen) atoms. The summed E-state index contributed by atoms with van der Waals surface area (Å²) in [7, 11) is -4.51. The number of carboxylic acids is 1. The Balaban J connectivity index is 2.36. The van der Waals surface area contributed by atoms with E-state index in [-0.39, 0.29) is 11.3 Å². The minimum atomic E-state index is -4.51. The molecule has 0 unspecified atom stereocenters. The van der Waals surface area contributed by atoms with Crippen LogP contribution in [0.4, 0.5) is 18.9 Å². The molecule has 2 aromatic carbocycles. The molecule has 5 nitrogen and oxygen atoms in total. The number of nitrogens with one attached hydrogen (secondary N) is 1. The number of hydrogen-bond acceptors (Lipinski definition) is 4. The lowest BCUT2D eigenvalue weighted by molar-refractivity contribution is -0.255. The second kappa shape index (κ2) is 5.68. The zero-order chi connectivity index (χ0) is 16.5. The van der Waals surface area contributed by atoms with Crippen LogP contribution >= 0.6 is 0 Å². The van der Waals surface area contributed by atoms with Crippen molar-refractivity contribution in [1.29, 1.82) is 0 Å². The van der Waals surface area contributed by atoms with Crippen molar-refractivity contribution in [2.24, 2.45) is 0 Å². The summed E-state index contributed by atoms with van der Waals surface area (Å²) in [6.45, 7) is 0. The number of rotatable bonds is 4. The molecule has 9 heteroatoms. The third-order valence-corrected chi connectivity index (χ3v) is 4.06. The van der Waals surface area contributed by atoms with Crippen molar-refractivity contribution >= 4 is 21.7 Å². The summed E-state index contributed by atoms with van der Waals surface area (Å²) >= 11 is 0. The Labute approximate surface area is 123 Å². The van der Waals surface area contributed by atoms with Crippen LogP contribution in [0.5, 0.6) is 0 Å². The first-order valence-corrected chi connectivity index (χ1v) is 7.18. The predicted octanol–water partition coefficient (Wildman–Crippen LogP) is 1.27. The molecule has 2 aromatic rings. The smallest absolute Gasteiger partial charge is 0.264 e. The first-order chi connectivity index (χ1) is 10.2. The molecule has 1 N–H and O–H groups in total. The molecule has 0 aliphatic carbocycles. The molecule has 0 fully saturated rings. The maximum Gasteiger partial charge on any atom is 0.264 e. The van der Waals surface area contributed by atoms with E-state index in [0.29, 0.717) is 12.1 Å². The van der Waals surface area contributed by atoms with Gasteiger partial charge in [0.05, 0.1) is 5.97 Å². The van der Waals surface area contributed by atoms with Gasteiger partial charge in [0.1, 0.15) is 4.90 Å². The number of hydrogen-bond donors (Lipinski definition) is 1. The van der Waals surface area contributed by atoms with Gasteiger partial charge in [-0.05, 0) is 29.8 Å². The fourth-order valence-corrected chi connectivity index (χ4v) is 2.73. The van der Waals surface area contributed by atoms with E-state index in [9.17, 15) is 31.5 Å². The summed E-state index contributed by atoms with van der Waals surface area (Å²) in [6, 6.07) is 5.38. The first kappa shape index (κ1) is 15.8. The van der Waals surface area contributed by atoms with Gasteiger partial charge in [-0.15, -0.1) is 0 Å². The van der Waals surface area contributed by atoms with Crippen molar-refractivity contribution in [3.63, 3.8) is 0 Å². The van der Waals surface area contributed by atoms with Crippen molar-refractivity contribution < 1.29 is 31.5 Å². The van der Waals surface area contributed by atoms with Crippen molar-refractivity contribution in [2.45, 2.75) is 4.90 Å². The van der Waals surface area contributed by atoms with Crippen LogP contribution in [0.2, 0.25) is 0 Å². The highest BCUT2D eigenvalue weighted by molar-refractivity contribution is 7.92. The maximum atomic E-state index is 13.5. The largest absolute Gasteiger partial charge is 0.545 e. The van der Waals surface area contributed by atoms with Crippen LogP contribution in [-0.4, -0.2) is 14.4 Å². The molecule has 0 spiro atoms. The molecule has 0 atom stereocenters. The first-order valence-electron chi connectivity index (χ1n) is 5.70. The third kappa shape index (κ3) is 3.03. The van der Waals surface area contributed by atoms with Gasteiger partial charge in [-0.1, -0.05) is 12.1 Å². The lowest BCUT2D eigenvalue weighted by Crippen LogP contribution is -2.22. The number of carbonyl (C=O) groups is 1. The third-order valence-electron chi connectivity index (χ3n) is 2.66. The van der Waals surface area contributed by atoms with Crippen LogP contribution in [0.15, 0.2) is 41.3 Å². The fourth-order valence-electron chi connectivity index (χ4n) is 1.60. The van der Waals surface area contributed by atoms with Gasteiger partial charge in [0.2, 0.25) is 0 Å². The predicted molar refractivity (Wildman–Crippen MR) is 67.9 cm³/mol. The molecule has 0 radical (unpaired) electrons. The van der Waals surface area contributed by atoms with E-state index < -0.39 is 38.3 Å². The van der Waals surface area contributed by atoms with Gasteiger partial charge >= 0.3 is 0 Å². The minimum absolute atomic E-state index is 0.0888. The number of halogens is 3. The molecule has 0 aliphatic rings. The Kier molecular flexibility index (Phi) is 4.09. The molecular weight excluding hydrogens is 323 g/mol. The quantitative estimate of drug-likeness (QED) is 0.855. The van der Waals surface area contributed by atoms with E-state index in [1.54, 1.807) is 0 Å². The molecule has 116 valence electrons. The van der Waals surface area contributed by atoms with Crippen molar-refractivity contribution in [2.75, 3.05) is 4.72 Å². The normalized spacial score (nSPS) is 11.2. The molecule has 0 heterocycles. The van der Waals surface area contributed by atoms with E-state index in [4.69, 9.17) is 0 Å². The lowest BCUT2D eigenvalue weighted by Gasteiger charge is -2.10. The van der Waals surface area contributed by atoms with Crippen LogP contribution in [0.25, 0.3) is 0 Å². The van der Waals surface area contributed by atoms with E-state index in [1.807, 2.05) is 4.72 Å². The second-order valence-electron chi connectivity index (χ2n) is 4.14. The van der Waals surface area contributed by atoms with Gasteiger partial charge in [-0.3, -0.25) is 4.72 Å². The summed E-state index contributed by atoms with van der Waals surface area (Å²) in [5.41, 5.74) is -0.281. The highest BCUT2D eigenvalue weighted by Crippen LogP contribution is 2.22. The Hall–Kier alpha value is -2.55. The zero-order valence-corrected chi connectivity index (χ0v) is 11.5. The molecule has 0 saturated heterocycles. The molecule has 0 aromatic heterocycles. The van der Waals surface area contributed by atoms with Crippen LogP contribution in [-0.2, 0) is 10.0 Å². The van der Waals surface area contributed by atoms with E-state index in [1.165, 1.54) is 0 Å². The molecule has 0 bridgehead atoms. The summed E-state index contributed by atoms with van der Waals surface area (Å²) < 4.78 is 65.2. The summed E-state index contributed by atoms with van der Waals surface area (Å²) in [6.07, 6.45) is 0. The molecule has 0 aliphatic heterocycles. The van der Waals surface area contributed by atoms with E-state index >= 15 is 0 Å². The average Bonchev–Trinajstić information content (AvgIpc) is 2.44. The number of aromatic carboxylic acids is 1. The van der Waals surface area contributed by atoms with Crippen LogP contribution in [0.1, 0.15) is 10.4 Å². The monoisotopic (exact) mass is 330 g/mol. The maximum absolute atomic E-state index is 13.5. The van der Waals surface area contributed by atoms with Gasteiger partial charge in [0.15, 0.2) is 17.5 Å². The van der Waals surface area contributed by atoms with Gasteiger partial charge < -0.3 is 9.90 Å². The second-order valence-corrected chi connectivity index (χ2v) is 5.79. The van der Waals surface area contributed by atoms with E-state index in [2.05, 4.69) is 0 Å². The highest BCUT2D eigenvalue weighted by Gasteiger charge is 2.24. The SMILES string of the molecule is O=C([O-])c1ccc(NS(=O)(=O)c2ccc(F)c(F)c2F)cc1. The lowest BCUT2D eigenvalue weighted by atomic mass is 10.2. The average molecular weight is 330 g/mol. The number of carboxylic acid groups (broad SMARTS) is 1. The van der Waals surface area contributed by atoms with Crippen LogP contribution in [0.3, 0.4) is 0 Å². The zero-order valence-electron chi connectivity index (χ0n) is 10.6. The Morgan fingerprint density at radius 2 is 1.55 bits per heavy atom. The standard InChI is InChI=1S/C13H8F3NO4S/c14-9-5-6-10(12(16)11(9)15)22(20,21)17-8-3-1-7(2-4-8)13(18)19/h1-6,17H,(H,18,19)/p-1. The topological polar surface area (TPSA) is 86.3 Å². The molecule has 2 rings (SSSR count). The highest BCUT2D eigenvalue weighted by atomic mass is 32.2.